The van der Waals surface area contributed by atoms with Gasteiger partial charge in [-0.15, -0.1) is 0 Å². The molecule has 1 N–H and O–H groups in total. The average molecular weight is 181 g/mol. The summed E-state index contributed by atoms with van der Waals surface area (Å²) in [5, 5.41) is 19.4. The normalized spacial score (nSPS) is 26.0. The van der Waals surface area contributed by atoms with Crippen molar-refractivity contribution in [3.8, 4) is 6.07 Å². The van der Waals surface area contributed by atoms with Crippen molar-refractivity contribution in [3.63, 3.8) is 0 Å². The molecule has 1 fully saturated rings. The molecule has 1 saturated carbocycles. The van der Waals surface area contributed by atoms with Gasteiger partial charge in [-0.2, -0.15) is 5.26 Å². The Morgan fingerprint density at radius 2 is 1.92 bits per heavy atom. The maximum atomic E-state index is 10.2. The summed E-state index contributed by atoms with van der Waals surface area (Å²) >= 11 is 0. The summed E-state index contributed by atoms with van der Waals surface area (Å²) in [7, 11) is 0. The van der Waals surface area contributed by atoms with E-state index in [2.05, 4.69) is 6.07 Å². The maximum Gasteiger partial charge on any atom is 0.0857 e. The Bertz CT molecular complexity index is 209. The fourth-order valence-corrected chi connectivity index (χ4v) is 2.26. The Morgan fingerprint density at radius 3 is 2.31 bits per heavy atom. The van der Waals surface area contributed by atoms with Crippen LogP contribution in [0.1, 0.15) is 52.4 Å². The monoisotopic (exact) mass is 181 g/mol. The minimum atomic E-state index is -0.803. The van der Waals surface area contributed by atoms with Gasteiger partial charge in [0.15, 0.2) is 0 Å². The van der Waals surface area contributed by atoms with E-state index in [4.69, 9.17) is 0 Å². The van der Waals surface area contributed by atoms with Crippen LogP contribution in [-0.2, 0) is 0 Å². The number of nitriles is 1. The molecule has 74 valence electrons. The van der Waals surface area contributed by atoms with E-state index < -0.39 is 11.0 Å². The summed E-state index contributed by atoms with van der Waals surface area (Å²) in [6.45, 7) is 3.76. The van der Waals surface area contributed by atoms with Gasteiger partial charge in [0.25, 0.3) is 0 Å². The van der Waals surface area contributed by atoms with Crippen molar-refractivity contribution in [2.75, 3.05) is 0 Å². The predicted octanol–water partition coefficient (Wildman–Crippen LogP) is 2.62. The molecule has 0 aromatic rings. The van der Waals surface area contributed by atoms with E-state index in [0.717, 1.165) is 25.7 Å². The molecular weight excluding hydrogens is 162 g/mol. The Hall–Kier alpha value is -0.550. The first-order valence-electron chi connectivity index (χ1n) is 5.21. The summed E-state index contributed by atoms with van der Waals surface area (Å²) in [5.41, 5.74) is -1.28. The fraction of sp³-hybridized carbons (Fsp3) is 0.909. The van der Waals surface area contributed by atoms with Crippen molar-refractivity contribution >= 4 is 0 Å². The number of nitrogens with zero attached hydrogens (tertiary/aromatic N) is 1. The van der Waals surface area contributed by atoms with Crippen LogP contribution in [0.15, 0.2) is 0 Å². The first kappa shape index (κ1) is 10.5. The minimum Gasteiger partial charge on any atom is -0.389 e. The quantitative estimate of drug-likeness (QED) is 0.711. The van der Waals surface area contributed by atoms with Crippen LogP contribution in [0.3, 0.4) is 0 Å². The highest BCUT2D eigenvalue weighted by atomic mass is 16.3. The average Bonchev–Trinajstić information content (AvgIpc) is 2.18. The van der Waals surface area contributed by atoms with E-state index in [-0.39, 0.29) is 0 Å². The highest BCUT2D eigenvalue weighted by molar-refractivity contribution is 5.10. The molecule has 1 rings (SSSR count). The lowest BCUT2D eigenvalue weighted by atomic mass is 9.64. The molecule has 0 spiro atoms. The molecule has 0 aromatic carbocycles. The first-order chi connectivity index (χ1) is 6.08. The topological polar surface area (TPSA) is 44.0 Å². The zero-order valence-corrected chi connectivity index (χ0v) is 8.64. The van der Waals surface area contributed by atoms with Gasteiger partial charge in [0.05, 0.1) is 17.1 Å². The third-order valence-corrected chi connectivity index (χ3v) is 3.64. The Labute approximate surface area is 80.6 Å². The van der Waals surface area contributed by atoms with Crippen LogP contribution in [0.2, 0.25) is 0 Å². The zero-order valence-electron chi connectivity index (χ0n) is 8.64. The maximum absolute atomic E-state index is 10.2. The van der Waals surface area contributed by atoms with Gasteiger partial charge in [-0.05, 0) is 26.2 Å². The molecule has 13 heavy (non-hydrogen) atoms. The Morgan fingerprint density at radius 1 is 1.38 bits per heavy atom. The molecule has 0 amide bonds. The van der Waals surface area contributed by atoms with Crippen molar-refractivity contribution in [1.29, 1.82) is 5.26 Å². The molecule has 2 nitrogen and oxygen atoms in total. The van der Waals surface area contributed by atoms with Gasteiger partial charge in [0.1, 0.15) is 0 Å². The molecular formula is C11H19NO. The van der Waals surface area contributed by atoms with E-state index in [1.54, 1.807) is 0 Å². The van der Waals surface area contributed by atoms with Crippen LogP contribution in [0, 0.1) is 16.7 Å². The summed E-state index contributed by atoms with van der Waals surface area (Å²) in [5.74, 6) is 0. The lowest BCUT2D eigenvalue weighted by Gasteiger charge is -2.42. The highest BCUT2D eigenvalue weighted by Crippen LogP contribution is 2.45. The third-order valence-electron chi connectivity index (χ3n) is 3.64. The standard InChI is InChI=1S/C11H19NO/c1-3-10(2,13)11(9-12)7-5-4-6-8-11/h13H,3-8H2,1-2H3. The van der Waals surface area contributed by atoms with Gasteiger partial charge < -0.3 is 5.11 Å². The molecule has 0 bridgehead atoms. The summed E-state index contributed by atoms with van der Waals surface area (Å²) < 4.78 is 0. The van der Waals surface area contributed by atoms with Crippen LogP contribution < -0.4 is 0 Å². The van der Waals surface area contributed by atoms with Gasteiger partial charge in [0.2, 0.25) is 0 Å². The highest BCUT2D eigenvalue weighted by Gasteiger charge is 2.46. The van der Waals surface area contributed by atoms with E-state index >= 15 is 0 Å². The van der Waals surface area contributed by atoms with Gasteiger partial charge in [-0.3, -0.25) is 0 Å². The second kappa shape index (κ2) is 3.67. The van der Waals surface area contributed by atoms with Gasteiger partial charge in [0, 0.05) is 0 Å². The number of hydrogen-bond donors (Lipinski definition) is 1. The van der Waals surface area contributed by atoms with Gasteiger partial charge >= 0.3 is 0 Å². The largest absolute Gasteiger partial charge is 0.389 e. The third kappa shape index (κ3) is 1.71. The lowest BCUT2D eigenvalue weighted by Crippen LogP contribution is -2.45. The predicted molar refractivity (Wildman–Crippen MR) is 52.0 cm³/mol. The minimum absolute atomic E-state index is 0.472. The lowest BCUT2D eigenvalue weighted by molar-refractivity contribution is -0.0600. The van der Waals surface area contributed by atoms with Gasteiger partial charge in [-0.1, -0.05) is 26.2 Å². The molecule has 0 aromatic heterocycles. The van der Waals surface area contributed by atoms with E-state index in [0.29, 0.717) is 6.42 Å². The smallest absolute Gasteiger partial charge is 0.0857 e. The summed E-state index contributed by atoms with van der Waals surface area (Å²) in [4.78, 5) is 0. The Kier molecular flexibility index (Phi) is 2.98. The fourth-order valence-electron chi connectivity index (χ4n) is 2.26. The van der Waals surface area contributed by atoms with Crippen LogP contribution in [0.5, 0.6) is 0 Å². The number of hydrogen-bond acceptors (Lipinski definition) is 2. The molecule has 2 heteroatoms. The summed E-state index contributed by atoms with van der Waals surface area (Å²) in [6.07, 6.45) is 5.78. The van der Waals surface area contributed by atoms with Crippen molar-refractivity contribution < 1.29 is 5.11 Å². The molecule has 1 aliphatic rings. The second-order valence-corrected chi connectivity index (χ2v) is 4.38. The number of rotatable bonds is 2. The SMILES string of the molecule is CCC(C)(O)C1(C#N)CCCCC1. The molecule has 0 radical (unpaired) electrons. The zero-order chi connectivity index (χ0) is 9.95. The number of aliphatic hydroxyl groups is 1. The van der Waals surface area contributed by atoms with Crippen molar-refractivity contribution in [2.45, 2.75) is 58.0 Å². The first-order valence-corrected chi connectivity index (χ1v) is 5.21. The molecule has 0 saturated heterocycles. The van der Waals surface area contributed by atoms with Crippen LogP contribution in [-0.4, -0.2) is 10.7 Å². The molecule has 0 aliphatic heterocycles. The van der Waals surface area contributed by atoms with Crippen molar-refractivity contribution in [2.24, 2.45) is 5.41 Å². The molecule has 1 atom stereocenters. The molecule has 0 heterocycles. The molecule has 1 aliphatic carbocycles. The van der Waals surface area contributed by atoms with Crippen molar-refractivity contribution in [3.05, 3.63) is 0 Å². The van der Waals surface area contributed by atoms with Crippen LogP contribution in [0.25, 0.3) is 0 Å². The van der Waals surface area contributed by atoms with Crippen LogP contribution in [0.4, 0.5) is 0 Å². The van der Waals surface area contributed by atoms with E-state index in [9.17, 15) is 10.4 Å². The summed E-state index contributed by atoms with van der Waals surface area (Å²) in [6, 6.07) is 2.36. The van der Waals surface area contributed by atoms with Crippen LogP contribution >= 0.6 is 0 Å². The Balaban J connectivity index is 2.86. The van der Waals surface area contributed by atoms with E-state index in [1.807, 2.05) is 13.8 Å². The van der Waals surface area contributed by atoms with Gasteiger partial charge in [-0.25, -0.2) is 0 Å². The molecule has 1 unspecified atom stereocenters. The van der Waals surface area contributed by atoms with E-state index in [1.165, 1.54) is 6.42 Å². The second-order valence-electron chi connectivity index (χ2n) is 4.38. The van der Waals surface area contributed by atoms with Crippen molar-refractivity contribution in [1.82, 2.24) is 0 Å².